The number of aliphatic carboxylic acids is 1. The van der Waals surface area contributed by atoms with Gasteiger partial charge in [-0.3, -0.25) is 0 Å². The standard InChI is InChI=1S/C12H23N3O3/c1-8(2)10(11(16)17)14-12(18)13-6-9-4-5-15(3)7-9/h8-10H,4-7H2,1-3H3,(H,16,17)(H2,13,14,18)/t9?,10-/m1/s1. The van der Waals surface area contributed by atoms with E-state index in [9.17, 15) is 9.59 Å². The van der Waals surface area contributed by atoms with Gasteiger partial charge >= 0.3 is 12.0 Å². The fourth-order valence-corrected chi connectivity index (χ4v) is 2.14. The summed E-state index contributed by atoms with van der Waals surface area (Å²) >= 11 is 0. The lowest BCUT2D eigenvalue weighted by Gasteiger charge is -2.19. The number of carbonyl (C=O) groups excluding carboxylic acids is 1. The van der Waals surface area contributed by atoms with Crippen LogP contribution >= 0.6 is 0 Å². The SMILES string of the molecule is CC(C)[C@@H](NC(=O)NCC1CCN(C)C1)C(=O)O. The van der Waals surface area contributed by atoms with Gasteiger partial charge in [-0.1, -0.05) is 13.8 Å². The zero-order valence-electron chi connectivity index (χ0n) is 11.3. The molecule has 0 bridgehead atoms. The number of carboxylic acids is 1. The van der Waals surface area contributed by atoms with Gasteiger partial charge in [0.05, 0.1) is 0 Å². The number of hydrogen-bond donors (Lipinski definition) is 3. The smallest absolute Gasteiger partial charge is 0.326 e. The highest BCUT2D eigenvalue weighted by molar-refractivity contribution is 5.82. The molecule has 0 spiro atoms. The minimum atomic E-state index is -0.999. The number of carboxylic acid groups (broad SMARTS) is 1. The van der Waals surface area contributed by atoms with Crippen LogP contribution in [-0.2, 0) is 4.79 Å². The second-order valence-electron chi connectivity index (χ2n) is 5.33. The molecule has 104 valence electrons. The van der Waals surface area contributed by atoms with E-state index in [2.05, 4.69) is 22.6 Å². The van der Waals surface area contributed by atoms with Gasteiger partial charge in [0.2, 0.25) is 0 Å². The molecule has 1 aliphatic heterocycles. The normalized spacial score (nSPS) is 21.9. The van der Waals surface area contributed by atoms with Crippen LogP contribution in [0.1, 0.15) is 20.3 Å². The molecule has 2 amide bonds. The number of rotatable bonds is 5. The Kier molecular flexibility index (Phi) is 5.40. The predicted octanol–water partition coefficient (Wildman–Crippen LogP) is 0.347. The van der Waals surface area contributed by atoms with Gasteiger partial charge in [0.1, 0.15) is 6.04 Å². The minimum Gasteiger partial charge on any atom is -0.480 e. The molecule has 3 N–H and O–H groups in total. The Morgan fingerprint density at radius 2 is 2.11 bits per heavy atom. The average molecular weight is 257 g/mol. The molecule has 6 heteroatoms. The number of carbonyl (C=O) groups is 2. The van der Waals surface area contributed by atoms with E-state index in [1.807, 2.05) is 0 Å². The topological polar surface area (TPSA) is 81.7 Å². The summed E-state index contributed by atoms with van der Waals surface area (Å²) in [7, 11) is 2.05. The Morgan fingerprint density at radius 3 is 2.56 bits per heavy atom. The van der Waals surface area contributed by atoms with Gasteiger partial charge in [0.15, 0.2) is 0 Å². The molecule has 1 rings (SSSR count). The first kappa shape index (κ1) is 14.8. The first-order valence-electron chi connectivity index (χ1n) is 6.36. The van der Waals surface area contributed by atoms with Crippen LogP contribution < -0.4 is 10.6 Å². The first-order chi connectivity index (χ1) is 8.40. The number of urea groups is 1. The Bertz CT molecular complexity index is 307. The fraction of sp³-hybridized carbons (Fsp3) is 0.833. The van der Waals surface area contributed by atoms with Crippen molar-refractivity contribution in [1.82, 2.24) is 15.5 Å². The van der Waals surface area contributed by atoms with Crippen molar-refractivity contribution in [2.24, 2.45) is 11.8 Å². The van der Waals surface area contributed by atoms with Crippen molar-refractivity contribution in [1.29, 1.82) is 0 Å². The van der Waals surface area contributed by atoms with E-state index >= 15 is 0 Å². The molecule has 0 aliphatic carbocycles. The maximum Gasteiger partial charge on any atom is 0.326 e. The van der Waals surface area contributed by atoms with E-state index in [1.54, 1.807) is 13.8 Å². The van der Waals surface area contributed by atoms with E-state index in [4.69, 9.17) is 5.11 Å². The highest BCUT2D eigenvalue weighted by Gasteiger charge is 2.24. The second-order valence-corrected chi connectivity index (χ2v) is 5.33. The molecule has 1 heterocycles. The van der Waals surface area contributed by atoms with Crippen LogP contribution in [0.4, 0.5) is 4.79 Å². The zero-order chi connectivity index (χ0) is 13.7. The molecule has 6 nitrogen and oxygen atoms in total. The molecular formula is C12H23N3O3. The van der Waals surface area contributed by atoms with Crippen molar-refractivity contribution in [3.05, 3.63) is 0 Å². The molecule has 0 saturated carbocycles. The highest BCUT2D eigenvalue weighted by Crippen LogP contribution is 2.12. The van der Waals surface area contributed by atoms with Crippen LogP contribution in [0.15, 0.2) is 0 Å². The maximum atomic E-state index is 11.6. The Hall–Kier alpha value is -1.30. The minimum absolute atomic E-state index is 0.133. The first-order valence-corrected chi connectivity index (χ1v) is 6.36. The molecular weight excluding hydrogens is 234 g/mol. The quantitative estimate of drug-likeness (QED) is 0.663. The van der Waals surface area contributed by atoms with Gasteiger partial charge in [0, 0.05) is 13.1 Å². The Balaban J connectivity index is 2.30. The summed E-state index contributed by atoms with van der Waals surface area (Å²) in [6.45, 7) is 6.17. The van der Waals surface area contributed by atoms with Crippen LogP contribution in [0.2, 0.25) is 0 Å². The second kappa shape index (κ2) is 6.58. The van der Waals surface area contributed by atoms with Gasteiger partial charge in [-0.25, -0.2) is 9.59 Å². The third-order valence-electron chi connectivity index (χ3n) is 3.26. The van der Waals surface area contributed by atoms with Crippen molar-refractivity contribution in [3.8, 4) is 0 Å². The molecule has 0 aromatic rings. The van der Waals surface area contributed by atoms with Crippen LogP contribution in [0.5, 0.6) is 0 Å². The van der Waals surface area contributed by atoms with E-state index in [0.29, 0.717) is 12.5 Å². The van der Waals surface area contributed by atoms with Crippen molar-refractivity contribution in [3.63, 3.8) is 0 Å². The van der Waals surface area contributed by atoms with Gasteiger partial charge in [-0.05, 0) is 31.8 Å². The Morgan fingerprint density at radius 1 is 1.44 bits per heavy atom. The summed E-state index contributed by atoms with van der Waals surface area (Å²) in [5.41, 5.74) is 0. The van der Waals surface area contributed by atoms with Gasteiger partial charge in [0.25, 0.3) is 0 Å². The number of nitrogens with zero attached hydrogens (tertiary/aromatic N) is 1. The molecule has 18 heavy (non-hydrogen) atoms. The van der Waals surface area contributed by atoms with E-state index in [-0.39, 0.29) is 5.92 Å². The summed E-state index contributed by atoms with van der Waals surface area (Å²) in [5.74, 6) is -0.672. The number of likely N-dealkylation sites (tertiary alicyclic amines) is 1. The van der Waals surface area contributed by atoms with Gasteiger partial charge in [-0.15, -0.1) is 0 Å². The summed E-state index contributed by atoms with van der Waals surface area (Å²) in [6.07, 6.45) is 1.07. The third kappa shape index (κ3) is 4.52. The molecule has 1 fully saturated rings. The lowest BCUT2D eigenvalue weighted by Crippen LogP contribution is -2.49. The van der Waals surface area contributed by atoms with Gasteiger partial charge in [-0.2, -0.15) is 0 Å². The summed E-state index contributed by atoms with van der Waals surface area (Å²) in [4.78, 5) is 24.8. The molecule has 0 aromatic heterocycles. The zero-order valence-corrected chi connectivity index (χ0v) is 11.3. The molecule has 0 aromatic carbocycles. The number of nitrogens with one attached hydrogen (secondary N) is 2. The van der Waals surface area contributed by atoms with Crippen molar-refractivity contribution in [2.75, 3.05) is 26.7 Å². The molecule has 1 unspecified atom stereocenters. The van der Waals surface area contributed by atoms with Crippen molar-refractivity contribution < 1.29 is 14.7 Å². The Labute approximate surface area is 108 Å². The van der Waals surface area contributed by atoms with Gasteiger partial charge < -0.3 is 20.6 Å². The summed E-state index contributed by atoms with van der Waals surface area (Å²) in [6, 6.07) is -1.23. The third-order valence-corrected chi connectivity index (χ3v) is 3.26. The van der Waals surface area contributed by atoms with Crippen LogP contribution in [0.3, 0.4) is 0 Å². The molecule has 2 atom stereocenters. The lowest BCUT2D eigenvalue weighted by atomic mass is 10.1. The number of amides is 2. The van der Waals surface area contributed by atoms with Crippen molar-refractivity contribution in [2.45, 2.75) is 26.3 Å². The average Bonchev–Trinajstić information content (AvgIpc) is 2.68. The predicted molar refractivity (Wildman–Crippen MR) is 68.4 cm³/mol. The molecule has 1 saturated heterocycles. The summed E-state index contributed by atoms with van der Waals surface area (Å²) < 4.78 is 0. The number of hydrogen-bond acceptors (Lipinski definition) is 3. The molecule has 0 radical (unpaired) electrons. The van der Waals surface area contributed by atoms with E-state index in [1.165, 1.54) is 0 Å². The maximum absolute atomic E-state index is 11.6. The van der Waals surface area contributed by atoms with Crippen LogP contribution in [0.25, 0.3) is 0 Å². The van der Waals surface area contributed by atoms with E-state index in [0.717, 1.165) is 19.5 Å². The monoisotopic (exact) mass is 257 g/mol. The highest BCUT2D eigenvalue weighted by atomic mass is 16.4. The van der Waals surface area contributed by atoms with Crippen molar-refractivity contribution >= 4 is 12.0 Å². The van der Waals surface area contributed by atoms with E-state index < -0.39 is 18.0 Å². The van der Waals surface area contributed by atoms with Crippen LogP contribution in [0, 0.1) is 11.8 Å². The molecule has 1 aliphatic rings. The fourth-order valence-electron chi connectivity index (χ4n) is 2.14. The lowest BCUT2D eigenvalue weighted by molar-refractivity contribution is -0.140. The largest absolute Gasteiger partial charge is 0.480 e. The summed E-state index contributed by atoms with van der Waals surface area (Å²) in [5, 5.41) is 14.2. The van der Waals surface area contributed by atoms with Crippen LogP contribution in [-0.4, -0.2) is 54.7 Å².